The van der Waals surface area contributed by atoms with Crippen molar-refractivity contribution in [1.82, 2.24) is 4.90 Å². The molecule has 0 spiro atoms. The molecule has 2 saturated heterocycles. The molecule has 2 aliphatic rings. The van der Waals surface area contributed by atoms with Crippen molar-refractivity contribution in [3.8, 4) is 0 Å². The molecule has 0 radical (unpaired) electrons. The summed E-state index contributed by atoms with van der Waals surface area (Å²) in [6.07, 6.45) is 3.40. The van der Waals surface area contributed by atoms with Crippen LogP contribution in [-0.2, 0) is 14.3 Å². The largest absolute Gasteiger partial charge is 0.454 e. The minimum atomic E-state index is -0.663. The topological polar surface area (TPSA) is 84.0 Å². The Morgan fingerprint density at radius 2 is 1.53 bits per heavy atom. The fourth-order valence-electron chi connectivity index (χ4n) is 4.08. The molecule has 2 aliphatic heterocycles. The van der Waals surface area contributed by atoms with Gasteiger partial charge in [-0.1, -0.05) is 18.0 Å². The summed E-state index contributed by atoms with van der Waals surface area (Å²) in [6, 6.07) is 12.0. The third-order valence-electron chi connectivity index (χ3n) is 5.82. The number of anilines is 1. The van der Waals surface area contributed by atoms with Crippen LogP contribution in [0.3, 0.4) is 0 Å². The third-order valence-corrected chi connectivity index (χ3v) is 6.07. The van der Waals surface area contributed by atoms with E-state index in [1.807, 2.05) is 0 Å². The average Bonchev–Trinajstić information content (AvgIpc) is 3.12. The predicted octanol–water partition coefficient (Wildman–Crippen LogP) is 3.50. The van der Waals surface area contributed by atoms with Gasteiger partial charge >= 0.3 is 5.97 Å². The number of hydrogen-bond donors (Lipinski definition) is 0. The number of carbonyl (C=O) groups excluding carboxylic acids is 4. The molecule has 2 fully saturated rings. The lowest BCUT2D eigenvalue weighted by atomic mass is 10.1. The van der Waals surface area contributed by atoms with Crippen LogP contribution in [0.1, 0.15) is 46.4 Å². The zero-order chi connectivity index (χ0) is 22.7. The van der Waals surface area contributed by atoms with Gasteiger partial charge in [-0.05, 0) is 74.5 Å². The average molecular weight is 455 g/mol. The van der Waals surface area contributed by atoms with E-state index in [2.05, 4.69) is 4.90 Å². The summed E-state index contributed by atoms with van der Waals surface area (Å²) in [4.78, 5) is 53.2. The molecule has 8 heteroatoms. The van der Waals surface area contributed by atoms with Gasteiger partial charge in [0.15, 0.2) is 12.4 Å². The van der Waals surface area contributed by atoms with E-state index < -0.39 is 18.6 Å². The highest BCUT2D eigenvalue weighted by Gasteiger charge is 2.42. The van der Waals surface area contributed by atoms with E-state index in [1.165, 1.54) is 17.0 Å². The monoisotopic (exact) mass is 454 g/mol. The maximum Gasteiger partial charge on any atom is 0.338 e. The zero-order valence-electron chi connectivity index (χ0n) is 17.5. The summed E-state index contributed by atoms with van der Waals surface area (Å²) in [6.45, 7) is 1.26. The summed E-state index contributed by atoms with van der Waals surface area (Å²) in [5.41, 5.74) is 1.05. The molecule has 166 valence electrons. The van der Waals surface area contributed by atoms with Gasteiger partial charge in [0.05, 0.1) is 23.7 Å². The van der Waals surface area contributed by atoms with Crippen molar-refractivity contribution in [1.29, 1.82) is 0 Å². The van der Waals surface area contributed by atoms with Crippen LogP contribution in [0.25, 0.3) is 0 Å². The lowest BCUT2D eigenvalue weighted by Gasteiger charge is -2.30. The van der Waals surface area contributed by atoms with Crippen LogP contribution in [0.15, 0.2) is 48.5 Å². The van der Waals surface area contributed by atoms with Gasteiger partial charge < -0.3 is 4.74 Å². The number of imide groups is 1. The second kappa shape index (κ2) is 9.63. The second-order valence-corrected chi connectivity index (χ2v) is 8.37. The van der Waals surface area contributed by atoms with Gasteiger partial charge in [0.25, 0.3) is 5.91 Å². The number of esters is 1. The highest BCUT2D eigenvalue weighted by atomic mass is 35.5. The van der Waals surface area contributed by atoms with E-state index in [-0.39, 0.29) is 29.6 Å². The third kappa shape index (κ3) is 4.74. The summed E-state index contributed by atoms with van der Waals surface area (Å²) in [7, 11) is 0. The lowest BCUT2D eigenvalue weighted by Crippen LogP contribution is -2.44. The van der Waals surface area contributed by atoms with Crippen LogP contribution < -0.4 is 4.90 Å². The molecule has 0 aliphatic carbocycles. The maximum absolute atomic E-state index is 12.9. The number of benzene rings is 2. The Kier molecular flexibility index (Phi) is 6.67. The van der Waals surface area contributed by atoms with E-state index in [4.69, 9.17) is 16.3 Å². The SMILES string of the molecule is O=C(COC(=O)c1ccc(N2C(=O)CC(N3CCCCC3)C2=O)cc1)c1ccc(Cl)cc1. The fraction of sp³-hybridized carbons (Fsp3) is 0.333. The molecule has 32 heavy (non-hydrogen) atoms. The number of carbonyl (C=O) groups is 4. The summed E-state index contributed by atoms with van der Waals surface area (Å²) >= 11 is 5.80. The van der Waals surface area contributed by atoms with Crippen molar-refractivity contribution in [3.05, 3.63) is 64.7 Å². The van der Waals surface area contributed by atoms with Gasteiger partial charge in [0.1, 0.15) is 0 Å². The number of likely N-dealkylation sites (tertiary alicyclic amines) is 1. The number of ether oxygens (including phenoxy) is 1. The first-order valence-corrected chi connectivity index (χ1v) is 11.0. The number of piperidine rings is 1. The lowest BCUT2D eigenvalue weighted by molar-refractivity contribution is -0.123. The van der Waals surface area contributed by atoms with Crippen LogP contribution in [0.2, 0.25) is 5.02 Å². The van der Waals surface area contributed by atoms with Crippen LogP contribution in [0, 0.1) is 0 Å². The van der Waals surface area contributed by atoms with Crippen LogP contribution >= 0.6 is 11.6 Å². The molecule has 0 bridgehead atoms. The van der Waals surface area contributed by atoms with Gasteiger partial charge in [0.2, 0.25) is 5.91 Å². The Hall–Kier alpha value is -3.03. The molecule has 2 aromatic carbocycles. The van der Waals surface area contributed by atoms with Gasteiger partial charge in [-0.2, -0.15) is 0 Å². The Morgan fingerprint density at radius 3 is 2.19 bits per heavy atom. The molecule has 1 atom stereocenters. The predicted molar refractivity (Wildman–Crippen MR) is 119 cm³/mol. The Labute approximate surface area is 190 Å². The minimum Gasteiger partial charge on any atom is -0.454 e. The highest BCUT2D eigenvalue weighted by Crippen LogP contribution is 2.27. The van der Waals surface area contributed by atoms with E-state index in [0.717, 1.165) is 32.4 Å². The minimum absolute atomic E-state index is 0.176. The van der Waals surface area contributed by atoms with Crippen molar-refractivity contribution >= 4 is 40.9 Å². The number of nitrogens with zero attached hydrogens (tertiary/aromatic N) is 2. The quantitative estimate of drug-likeness (QED) is 0.377. The molecule has 2 aromatic rings. The van der Waals surface area contributed by atoms with E-state index in [0.29, 0.717) is 16.3 Å². The van der Waals surface area contributed by atoms with Gasteiger partial charge in [-0.3, -0.25) is 19.3 Å². The molecule has 0 saturated carbocycles. The first-order chi connectivity index (χ1) is 15.4. The maximum atomic E-state index is 12.9. The Morgan fingerprint density at radius 1 is 0.906 bits per heavy atom. The molecular formula is C24H23ClN2O5. The molecular weight excluding hydrogens is 432 g/mol. The number of rotatable bonds is 6. The normalized spacial score (nSPS) is 19.3. The molecule has 0 N–H and O–H groups in total. The van der Waals surface area contributed by atoms with Crippen LogP contribution in [-0.4, -0.2) is 54.2 Å². The van der Waals surface area contributed by atoms with Gasteiger partial charge in [0, 0.05) is 10.6 Å². The highest BCUT2D eigenvalue weighted by molar-refractivity contribution is 6.30. The smallest absolute Gasteiger partial charge is 0.338 e. The summed E-state index contributed by atoms with van der Waals surface area (Å²) < 4.78 is 5.10. The number of Topliss-reactive ketones (excluding diaryl/α,β-unsaturated/α-hetero) is 1. The number of hydrogen-bond acceptors (Lipinski definition) is 6. The first-order valence-electron chi connectivity index (χ1n) is 10.6. The van der Waals surface area contributed by atoms with Gasteiger partial charge in [-0.25, -0.2) is 9.69 Å². The molecule has 1 unspecified atom stereocenters. The van der Waals surface area contributed by atoms with Crippen molar-refractivity contribution in [2.24, 2.45) is 0 Å². The number of halogens is 1. The molecule has 4 rings (SSSR count). The Bertz CT molecular complexity index is 1030. The zero-order valence-corrected chi connectivity index (χ0v) is 18.2. The van der Waals surface area contributed by atoms with Crippen molar-refractivity contribution in [2.75, 3.05) is 24.6 Å². The molecule has 0 aromatic heterocycles. The standard InChI is InChI=1S/C24H23ClN2O5/c25-18-8-4-16(5-9-18)21(28)15-32-24(31)17-6-10-19(11-7-17)27-22(29)14-20(23(27)30)26-12-2-1-3-13-26/h4-11,20H,1-3,12-15H2. The fourth-order valence-corrected chi connectivity index (χ4v) is 4.21. The number of amides is 2. The van der Waals surface area contributed by atoms with Crippen LogP contribution in [0.5, 0.6) is 0 Å². The Balaban J connectivity index is 1.37. The first kappa shape index (κ1) is 22.2. The van der Waals surface area contributed by atoms with Crippen molar-refractivity contribution < 1.29 is 23.9 Å². The molecule has 2 heterocycles. The van der Waals surface area contributed by atoms with Crippen molar-refractivity contribution in [3.63, 3.8) is 0 Å². The number of ketones is 1. The van der Waals surface area contributed by atoms with Crippen LogP contribution in [0.4, 0.5) is 5.69 Å². The van der Waals surface area contributed by atoms with E-state index in [9.17, 15) is 19.2 Å². The molecule has 2 amide bonds. The van der Waals surface area contributed by atoms with E-state index >= 15 is 0 Å². The van der Waals surface area contributed by atoms with Gasteiger partial charge in [-0.15, -0.1) is 0 Å². The van der Waals surface area contributed by atoms with E-state index in [1.54, 1.807) is 36.4 Å². The summed E-state index contributed by atoms with van der Waals surface area (Å²) in [5.74, 6) is -1.47. The van der Waals surface area contributed by atoms with Crippen molar-refractivity contribution in [2.45, 2.75) is 31.7 Å². The molecule has 7 nitrogen and oxygen atoms in total. The second-order valence-electron chi connectivity index (χ2n) is 7.94. The summed E-state index contributed by atoms with van der Waals surface area (Å²) in [5, 5.41) is 0.510.